The third kappa shape index (κ3) is 3.94. The molecular weight excluding hydrogens is 451 g/mol. The maximum Gasteiger partial charge on any atom is 0.257 e. The summed E-state index contributed by atoms with van der Waals surface area (Å²) in [6.07, 6.45) is 5.16. The van der Waals surface area contributed by atoms with E-state index in [1.54, 1.807) is 17.8 Å². The lowest BCUT2D eigenvalue weighted by Crippen LogP contribution is -2.43. The van der Waals surface area contributed by atoms with Gasteiger partial charge in [-0.2, -0.15) is 0 Å². The smallest absolute Gasteiger partial charge is 0.257 e. The minimum atomic E-state index is -1.82. The van der Waals surface area contributed by atoms with Gasteiger partial charge in [-0.15, -0.1) is 11.8 Å². The molecule has 1 aromatic heterocycles. The zero-order valence-electron chi connectivity index (χ0n) is 19.8. The number of amides is 1. The molecule has 0 spiro atoms. The van der Waals surface area contributed by atoms with E-state index in [1.165, 1.54) is 6.07 Å². The van der Waals surface area contributed by atoms with Crippen LogP contribution in [0.15, 0.2) is 41.4 Å². The summed E-state index contributed by atoms with van der Waals surface area (Å²) in [7, 11) is -1.82. The summed E-state index contributed by atoms with van der Waals surface area (Å²) in [5, 5.41) is 4.71. The highest BCUT2D eigenvalue weighted by Crippen LogP contribution is 2.48. The highest BCUT2D eigenvalue weighted by Gasteiger charge is 2.41. The molecule has 1 amide bonds. The van der Waals surface area contributed by atoms with Crippen molar-refractivity contribution >= 4 is 42.4 Å². The molecule has 0 bridgehead atoms. The molecule has 3 aromatic rings. The van der Waals surface area contributed by atoms with Crippen molar-refractivity contribution in [2.75, 3.05) is 5.32 Å². The maximum absolute atomic E-state index is 15.2. The number of aromatic nitrogens is 1. The first-order chi connectivity index (χ1) is 15.5. The molecule has 0 saturated heterocycles. The van der Waals surface area contributed by atoms with E-state index >= 15 is 4.39 Å². The zero-order valence-corrected chi connectivity index (χ0v) is 21.7. The lowest BCUT2D eigenvalue weighted by atomic mass is 9.97. The summed E-state index contributed by atoms with van der Waals surface area (Å²) < 4.78 is 21.8. The standard InChI is InChI=1S/C26H31FN2O2SSi/c1-26(2,3)33(4,5)31-15-8-9-16(13-15)32-21-14-17(19-7-6-12-28-19)22-24-20(29-25(22)30)11-10-18(27)23(21)24/h6-7,10-12,14-16,28H,8-9,13H2,1-5H3,(H,29,30)/t15-,16-/m0/s1. The number of anilines is 1. The number of hydrogen-bond donors (Lipinski definition) is 2. The van der Waals surface area contributed by atoms with E-state index in [9.17, 15) is 4.79 Å². The summed E-state index contributed by atoms with van der Waals surface area (Å²) in [5.41, 5.74) is 2.93. The Balaban J connectivity index is 1.50. The molecule has 4 nitrogen and oxygen atoms in total. The van der Waals surface area contributed by atoms with Crippen LogP contribution in [0.2, 0.25) is 18.1 Å². The molecule has 2 aliphatic rings. The fourth-order valence-electron chi connectivity index (χ4n) is 4.70. The van der Waals surface area contributed by atoms with Crippen LogP contribution in [0.1, 0.15) is 50.4 Å². The van der Waals surface area contributed by atoms with E-state index in [0.717, 1.165) is 35.4 Å². The molecule has 2 N–H and O–H groups in total. The van der Waals surface area contributed by atoms with Gasteiger partial charge in [0.25, 0.3) is 5.91 Å². The third-order valence-electron chi connectivity index (χ3n) is 7.46. The van der Waals surface area contributed by atoms with Crippen molar-refractivity contribution in [3.8, 4) is 11.3 Å². The molecule has 1 aliphatic carbocycles. The van der Waals surface area contributed by atoms with Crippen molar-refractivity contribution in [1.29, 1.82) is 0 Å². The van der Waals surface area contributed by atoms with Crippen LogP contribution in [0, 0.1) is 5.82 Å². The van der Waals surface area contributed by atoms with Crippen molar-refractivity contribution in [2.24, 2.45) is 0 Å². The van der Waals surface area contributed by atoms with Gasteiger partial charge in [0, 0.05) is 50.2 Å². The van der Waals surface area contributed by atoms with Crippen LogP contribution in [-0.4, -0.2) is 30.6 Å². The number of H-pyrrole nitrogens is 1. The molecule has 7 heteroatoms. The number of aromatic amines is 1. The number of thioether (sulfide) groups is 1. The van der Waals surface area contributed by atoms with Gasteiger partial charge >= 0.3 is 0 Å². The van der Waals surface area contributed by atoms with Gasteiger partial charge in [-0.05, 0) is 67.7 Å². The number of carbonyl (C=O) groups is 1. The Hall–Kier alpha value is -2.09. The number of nitrogens with one attached hydrogen (secondary N) is 2. The number of hydrogen-bond acceptors (Lipinski definition) is 3. The molecule has 33 heavy (non-hydrogen) atoms. The fraction of sp³-hybridized carbons (Fsp3) is 0.423. The number of carbonyl (C=O) groups excluding carboxylic acids is 1. The van der Waals surface area contributed by atoms with Gasteiger partial charge in [-0.1, -0.05) is 20.8 Å². The van der Waals surface area contributed by atoms with Gasteiger partial charge in [-0.3, -0.25) is 4.79 Å². The summed E-state index contributed by atoms with van der Waals surface area (Å²) in [6, 6.07) is 8.99. The lowest BCUT2D eigenvalue weighted by Gasteiger charge is -2.38. The monoisotopic (exact) mass is 482 g/mol. The van der Waals surface area contributed by atoms with Gasteiger partial charge in [-0.25, -0.2) is 4.39 Å². The molecule has 0 radical (unpaired) electrons. The lowest BCUT2D eigenvalue weighted by molar-refractivity contribution is 0.103. The van der Waals surface area contributed by atoms with E-state index in [4.69, 9.17) is 4.43 Å². The third-order valence-corrected chi connectivity index (χ3v) is 13.3. The molecule has 2 atom stereocenters. The molecule has 1 saturated carbocycles. The van der Waals surface area contributed by atoms with Crippen molar-refractivity contribution in [3.05, 3.63) is 47.9 Å². The molecule has 2 aromatic carbocycles. The fourth-order valence-corrected chi connectivity index (χ4v) is 7.53. The van der Waals surface area contributed by atoms with Crippen molar-refractivity contribution in [1.82, 2.24) is 4.98 Å². The van der Waals surface area contributed by atoms with Crippen molar-refractivity contribution < 1.29 is 13.6 Å². The molecule has 5 rings (SSSR count). The minimum Gasteiger partial charge on any atom is -0.414 e. The Bertz CT molecular complexity index is 1230. The average molecular weight is 483 g/mol. The summed E-state index contributed by atoms with van der Waals surface area (Å²) >= 11 is 1.73. The van der Waals surface area contributed by atoms with E-state index in [1.807, 2.05) is 24.4 Å². The molecule has 1 aliphatic heterocycles. The Kier molecular flexibility index (Phi) is 5.50. The Morgan fingerprint density at radius 2 is 1.94 bits per heavy atom. The molecule has 0 unspecified atom stereocenters. The first kappa shape index (κ1) is 22.7. The van der Waals surface area contributed by atoms with Crippen LogP contribution < -0.4 is 5.32 Å². The Morgan fingerprint density at radius 1 is 1.15 bits per heavy atom. The zero-order chi connectivity index (χ0) is 23.5. The van der Waals surface area contributed by atoms with Crippen LogP contribution in [0.3, 0.4) is 0 Å². The molecule has 174 valence electrons. The molecule has 1 fully saturated rings. The van der Waals surface area contributed by atoms with E-state index < -0.39 is 8.32 Å². The van der Waals surface area contributed by atoms with Crippen molar-refractivity contribution in [3.63, 3.8) is 0 Å². The normalized spacial score (nSPS) is 20.6. The Morgan fingerprint density at radius 3 is 2.64 bits per heavy atom. The van der Waals surface area contributed by atoms with Crippen LogP contribution in [0.4, 0.5) is 10.1 Å². The largest absolute Gasteiger partial charge is 0.414 e. The molecular formula is C26H31FN2O2SSi. The second-order valence-corrected chi connectivity index (χ2v) is 16.8. The number of benzene rings is 2. The van der Waals surface area contributed by atoms with Crippen LogP contribution in [0.25, 0.3) is 22.0 Å². The second-order valence-electron chi connectivity index (χ2n) is 10.7. The van der Waals surface area contributed by atoms with Gasteiger partial charge in [0.2, 0.25) is 0 Å². The highest BCUT2D eigenvalue weighted by atomic mass is 32.2. The van der Waals surface area contributed by atoms with Gasteiger partial charge < -0.3 is 14.7 Å². The van der Waals surface area contributed by atoms with E-state index in [0.29, 0.717) is 27.3 Å². The van der Waals surface area contributed by atoms with E-state index in [-0.39, 0.29) is 22.9 Å². The van der Waals surface area contributed by atoms with Gasteiger partial charge in [0.05, 0.1) is 5.56 Å². The van der Waals surface area contributed by atoms with Crippen molar-refractivity contribution in [2.45, 2.75) is 74.4 Å². The SMILES string of the molecule is CC(C)(C)[Si](C)(C)O[C@H]1CC[C@H](Sc2cc(-c3ccc[nH]3)c3c4c(ccc(F)c24)NC3=O)C1. The topological polar surface area (TPSA) is 54.1 Å². The van der Waals surface area contributed by atoms with Gasteiger partial charge in [0.1, 0.15) is 5.82 Å². The van der Waals surface area contributed by atoms with Crippen LogP contribution in [-0.2, 0) is 4.43 Å². The quantitative estimate of drug-likeness (QED) is 0.369. The highest BCUT2D eigenvalue weighted by molar-refractivity contribution is 8.00. The predicted molar refractivity (Wildman–Crippen MR) is 137 cm³/mol. The van der Waals surface area contributed by atoms with Crippen LogP contribution >= 0.6 is 11.8 Å². The van der Waals surface area contributed by atoms with Gasteiger partial charge in [0.15, 0.2) is 8.32 Å². The average Bonchev–Trinajstić information content (AvgIpc) is 3.46. The maximum atomic E-state index is 15.2. The first-order valence-electron chi connectivity index (χ1n) is 11.6. The summed E-state index contributed by atoms with van der Waals surface area (Å²) in [5.74, 6) is -0.454. The number of rotatable bonds is 5. The first-order valence-corrected chi connectivity index (χ1v) is 15.4. The van der Waals surface area contributed by atoms with Crippen LogP contribution in [0.5, 0.6) is 0 Å². The summed E-state index contributed by atoms with van der Waals surface area (Å²) in [4.78, 5) is 16.9. The minimum absolute atomic E-state index is 0.176. The Labute approximate surface area is 199 Å². The number of halogens is 1. The summed E-state index contributed by atoms with van der Waals surface area (Å²) in [6.45, 7) is 11.4. The second kappa shape index (κ2) is 8.00. The molecule has 2 heterocycles. The predicted octanol–water partition coefficient (Wildman–Crippen LogP) is 7.57. The van der Waals surface area contributed by atoms with E-state index in [2.05, 4.69) is 44.2 Å².